The van der Waals surface area contributed by atoms with Gasteiger partial charge in [-0.2, -0.15) is 0 Å². The highest BCUT2D eigenvalue weighted by Crippen LogP contribution is 2.34. The van der Waals surface area contributed by atoms with E-state index in [4.69, 9.17) is 13.8 Å². The van der Waals surface area contributed by atoms with Crippen molar-refractivity contribution in [3.8, 4) is 20.9 Å². The number of nitrogens with one attached hydrogen (secondary N) is 2. The number of amides is 4. The topological polar surface area (TPSA) is 206 Å². The molecule has 0 unspecified atom stereocenters. The fraction of sp³-hybridized carbons (Fsp3) is 0.417. The second-order valence-electron chi connectivity index (χ2n) is 17.3. The molecule has 0 aliphatic carbocycles. The number of hydrogen-bond donors (Lipinski definition) is 3. The molecule has 18 heteroatoms. The van der Waals surface area contributed by atoms with Gasteiger partial charge in [0.25, 0.3) is 0 Å². The standard InChI is InChI=1S/C48H54N8O8S2/c1-6-37(47(60)55-22-35(57)17-38(55)45(58)51-19-30-7-9-32(10-8-30)42-20-49-25-65-42)40-16-34(54-63-40)24-62-36-18-39(56(23-36)48(61)44(27(2)3)41-15-28(4)53-64-41)46(59)52-29(5)31-11-13-33(14-12-31)43-21-50-26-66-43/h7-16,20-21,25-27,29,35-39,44,57H,6,17-19,22-24H2,1-5H3,(H,51,58)(H,52,59)/t29-,35+,36+,37+,38-,39-,44+/m0/s1. The Bertz CT molecular complexity index is 2580. The van der Waals surface area contributed by atoms with E-state index in [0.717, 1.165) is 32.0 Å². The zero-order chi connectivity index (χ0) is 46.5. The smallest absolute Gasteiger partial charge is 0.243 e. The summed E-state index contributed by atoms with van der Waals surface area (Å²) in [5, 5.41) is 25.0. The number of rotatable bonds is 17. The third-order valence-electron chi connectivity index (χ3n) is 12.3. The molecule has 346 valence electrons. The van der Waals surface area contributed by atoms with Gasteiger partial charge in [-0.3, -0.25) is 29.1 Å². The largest absolute Gasteiger partial charge is 0.391 e. The predicted molar refractivity (Wildman–Crippen MR) is 247 cm³/mol. The fourth-order valence-electron chi connectivity index (χ4n) is 8.76. The number of aryl methyl sites for hydroxylation is 1. The maximum atomic E-state index is 14.4. The summed E-state index contributed by atoms with van der Waals surface area (Å²) in [4.78, 5) is 69.6. The van der Waals surface area contributed by atoms with Crippen molar-refractivity contribution >= 4 is 46.3 Å². The van der Waals surface area contributed by atoms with Crippen LogP contribution in [-0.4, -0.2) is 96.2 Å². The van der Waals surface area contributed by atoms with E-state index in [1.807, 2.05) is 88.6 Å². The normalized spacial score (nSPS) is 19.8. The number of nitrogens with zero attached hydrogens (tertiary/aromatic N) is 6. The molecule has 6 heterocycles. The van der Waals surface area contributed by atoms with Crippen molar-refractivity contribution in [2.75, 3.05) is 13.1 Å². The maximum Gasteiger partial charge on any atom is 0.243 e. The zero-order valence-corrected chi connectivity index (χ0v) is 39.1. The summed E-state index contributed by atoms with van der Waals surface area (Å²) < 4.78 is 17.7. The minimum absolute atomic E-state index is 0.00870. The number of aromatic nitrogens is 4. The van der Waals surface area contributed by atoms with Crippen LogP contribution in [0.5, 0.6) is 0 Å². The van der Waals surface area contributed by atoms with Crippen LogP contribution in [0.4, 0.5) is 0 Å². The van der Waals surface area contributed by atoms with Gasteiger partial charge in [-0.1, -0.05) is 79.6 Å². The van der Waals surface area contributed by atoms with Crippen LogP contribution in [-0.2, 0) is 37.1 Å². The summed E-state index contributed by atoms with van der Waals surface area (Å²) in [6.45, 7) is 9.82. The molecule has 66 heavy (non-hydrogen) atoms. The molecule has 0 saturated carbocycles. The first kappa shape index (κ1) is 46.4. The van der Waals surface area contributed by atoms with Crippen molar-refractivity contribution in [3.63, 3.8) is 0 Å². The van der Waals surface area contributed by atoms with E-state index < -0.39 is 36.1 Å². The van der Waals surface area contributed by atoms with Gasteiger partial charge in [0.1, 0.15) is 35.2 Å². The van der Waals surface area contributed by atoms with Gasteiger partial charge in [0.05, 0.1) is 57.2 Å². The Morgan fingerprint density at radius 3 is 2.06 bits per heavy atom. The van der Waals surface area contributed by atoms with Crippen LogP contribution >= 0.6 is 22.7 Å². The Labute approximate surface area is 390 Å². The van der Waals surface area contributed by atoms with Gasteiger partial charge in [-0.05, 0) is 48.4 Å². The molecule has 4 aromatic heterocycles. The average molecular weight is 935 g/mol. The van der Waals surface area contributed by atoms with Crippen LogP contribution in [0, 0.1) is 12.8 Å². The number of aliphatic hydroxyl groups excluding tert-OH is 1. The molecule has 0 radical (unpaired) electrons. The van der Waals surface area contributed by atoms with Gasteiger partial charge in [0.15, 0.2) is 0 Å². The molecule has 2 aliphatic heterocycles. The van der Waals surface area contributed by atoms with E-state index in [2.05, 4.69) is 30.9 Å². The second kappa shape index (κ2) is 20.6. The molecule has 2 fully saturated rings. The van der Waals surface area contributed by atoms with Crippen molar-refractivity contribution in [2.45, 2.75) is 109 Å². The fourth-order valence-corrected chi connectivity index (χ4v) is 10.0. The lowest BCUT2D eigenvalue weighted by Gasteiger charge is -2.29. The second-order valence-corrected chi connectivity index (χ2v) is 19.1. The number of ether oxygens (including phenoxy) is 1. The Hall–Kier alpha value is -6.08. The van der Waals surface area contributed by atoms with Gasteiger partial charge < -0.3 is 39.3 Å². The van der Waals surface area contributed by atoms with Crippen LogP contribution in [0.3, 0.4) is 0 Å². The first-order valence-corrected chi connectivity index (χ1v) is 24.0. The third-order valence-corrected chi connectivity index (χ3v) is 14.0. The van der Waals surface area contributed by atoms with Gasteiger partial charge in [0.2, 0.25) is 23.6 Å². The van der Waals surface area contributed by atoms with E-state index in [0.29, 0.717) is 29.3 Å². The summed E-state index contributed by atoms with van der Waals surface area (Å²) in [6.07, 6.45) is 2.93. The molecule has 4 amide bonds. The van der Waals surface area contributed by atoms with Crippen molar-refractivity contribution < 1.29 is 38.1 Å². The van der Waals surface area contributed by atoms with E-state index in [1.54, 1.807) is 57.7 Å². The highest BCUT2D eigenvalue weighted by molar-refractivity contribution is 7.13. The van der Waals surface area contributed by atoms with Crippen molar-refractivity contribution in [3.05, 3.63) is 118 Å². The zero-order valence-electron chi connectivity index (χ0n) is 37.5. The van der Waals surface area contributed by atoms with Crippen molar-refractivity contribution in [2.24, 2.45) is 5.92 Å². The number of hydrogen-bond acceptors (Lipinski definition) is 14. The molecule has 2 aliphatic rings. The van der Waals surface area contributed by atoms with E-state index in [-0.39, 0.29) is 74.7 Å². The summed E-state index contributed by atoms with van der Waals surface area (Å²) in [5.74, 6) is -2.12. The lowest BCUT2D eigenvalue weighted by atomic mass is 9.91. The van der Waals surface area contributed by atoms with Crippen LogP contribution in [0.15, 0.2) is 93.1 Å². The van der Waals surface area contributed by atoms with Crippen LogP contribution in [0.1, 0.15) is 98.9 Å². The van der Waals surface area contributed by atoms with Gasteiger partial charge >= 0.3 is 0 Å². The Kier molecular flexibility index (Phi) is 14.5. The minimum atomic E-state index is -0.858. The average Bonchev–Trinajstić information content (AvgIpc) is 4.17. The molecule has 2 saturated heterocycles. The number of carbonyl (C=O) groups excluding carboxylic acids is 4. The molecule has 6 aromatic rings. The number of β-amino-alcohol motifs (C(OH)–C–C–N with tert-alkyl or cyclic N) is 1. The summed E-state index contributed by atoms with van der Waals surface area (Å²) in [6, 6.07) is 17.2. The molecule has 16 nitrogen and oxygen atoms in total. The molecular formula is C48H54N8O8S2. The molecule has 0 bridgehead atoms. The molecule has 2 aromatic carbocycles. The number of thiazole rings is 2. The molecule has 7 atom stereocenters. The van der Waals surface area contributed by atoms with Crippen LogP contribution < -0.4 is 10.6 Å². The van der Waals surface area contributed by atoms with E-state index >= 15 is 0 Å². The summed E-state index contributed by atoms with van der Waals surface area (Å²) >= 11 is 3.10. The van der Waals surface area contributed by atoms with Gasteiger partial charge in [-0.15, -0.1) is 22.7 Å². The number of benzene rings is 2. The predicted octanol–water partition coefficient (Wildman–Crippen LogP) is 6.79. The van der Waals surface area contributed by atoms with Crippen LogP contribution in [0.2, 0.25) is 0 Å². The third kappa shape index (κ3) is 10.5. The molecule has 3 N–H and O–H groups in total. The van der Waals surface area contributed by atoms with Gasteiger partial charge in [-0.25, -0.2) is 0 Å². The maximum absolute atomic E-state index is 14.4. The Morgan fingerprint density at radius 1 is 0.818 bits per heavy atom. The molecular weight excluding hydrogens is 881 g/mol. The number of likely N-dealkylation sites (tertiary alicyclic amines) is 2. The van der Waals surface area contributed by atoms with Crippen molar-refractivity contribution in [1.29, 1.82) is 0 Å². The first-order valence-electron chi connectivity index (χ1n) is 22.2. The SMILES string of the molecule is CC[C@@H](C(=O)N1C[C@H](O)C[C@H]1C(=O)NCc1ccc(-c2cncs2)cc1)c1cc(CO[C@@H]2C[C@@H](C(=O)N[C@@H](C)c3ccc(-c4cncs4)cc3)N(C(=O)[C@@H](c3cc(C)no3)C(C)C)C2)no1. The Morgan fingerprint density at radius 2 is 1.45 bits per heavy atom. The first-order chi connectivity index (χ1) is 31.9. The van der Waals surface area contributed by atoms with Gasteiger partial charge in [0, 0.05) is 57.0 Å². The van der Waals surface area contributed by atoms with E-state index in [1.165, 1.54) is 4.90 Å². The monoisotopic (exact) mass is 934 g/mol. The quantitative estimate of drug-likeness (QED) is 0.0865. The lowest BCUT2D eigenvalue weighted by Crippen LogP contribution is -2.48. The highest BCUT2D eigenvalue weighted by Gasteiger charge is 2.45. The number of carbonyl (C=O) groups is 4. The Balaban J connectivity index is 0.913. The van der Waals surface area contributed by atoms with Crippen LogP contribution in [0.25, 0.3) is 20.9 Å². The number of aliphatic hydroxyl groups is 1. The summed E-state index contributed by atoms with van der Waals surface area (Å²) in [5.41, 5.74) is 8.51. The molecule has 8 rings (SSSR count). The lowest BCUT2D eigenvalue weighted by molar-refractivity contribution is -0.141. The van der Waals surface area contributed by atoms with E-state index in [9.17, 15) is 24.3 Å². The van der Waals surface area contributed by atoms with Crippen molar-refractivity contribution in [1.82, 2.24) is 40.7 Å². The minimum Gasteiger partial charge on any atom is -0.391 e. The molecule has 0 spiro atoms. The highest BCUT2D eigenvalue weighted by atomic mass is 32.1. The summed E-state index contributed by atoms with van der Waals surface area (Å²) in [7, 11) is 0.